The minimum atomic E-state index is -4.66. The van der Waals surface area contributed by atoms with Gasteiger partial charge in [0.15, 0.2) is 5.82 Å². The number of nitrogens with zero attached hydrogens (tertiary/aromatic N) is 3. The monoisotopic (exact) mass is 512 g/mol. The molecule has 2 aliphatic carbocycles. The number of amides is 1. The van der Waals surface area contributed by atoms with Gasteiger partial charge in [0.25, 0.3) is 10.0 Å². The minimum absolute atomic E-state index is 0.123. The first-order valence-electron chi connectivity index (χ1n) is 10.5. The topological polar surface area (TPSA) is 119 Å². The lowest BCUT2D eigenvalue weighted by Gasteiger charge is -2.31. The summed E-state index contributed by atoms with van der Waals surface area (Å²) in [4.78, 5) is 15.9. The first-order chi connectivity index (χ1) is 16.3. The second-order valence-electron chi connectivity index (χ2n) is 8.54. The number of primary amides is 1. The zero-order valence-corrected chi connectivity index (χ0v) is 19.2. The smallest absolute Gasteiger partial charge is 0.368 e. The van der Waals surface area contributed by atoms with E-state index in [1.165, 1.54) is 24.3 Å². The Bertz CT molecular complexity index is 1270. The van der Waals surface area contributed by atoms with Crippen molar-refractivity contribution in [1.29, 1.82) is 0 Å². The van der Waals surface area contributed by atoms with Gasteiger partial charge in [0.05, 0.1) is 0 Å². The van der Waals surface area contributed by atoms with Crippen molar-refractivity contribution in [2.45, 2.75) is 48.7 Å². The van der Waals surface area contributed by atoms with Crippen molar-refractivity contribution in [2.75, 3.05) is 6.54 Å². The SMILES string of the molecule is Cc1c#cc(S(=O)(=O)N(CC2=C(F)CC(c3ncon3)C=C2)[C@@]2(C(N)=O)C[C@@H]2CC(F)(F)F)cc1. The molecule has 1 fully saturated rings. The van der Waals surface area contributed by atoms with Crippen molar-refractivity contribution in [1.82, 2.24) is 14.4 Å². The molecule has 0 saturated heterocycles. The predicted molar refractivity (Wildman–Crippen MR) is 112 cm³/mol. The number of hydrogen-bond donors (Lipinski definition) is 1. The maximum atomic E-state index is 15.1. The second kappa shape index (κ2) is 8.76. The van der Waals surface area contributed by atoms with Crippen LogP contribution in [-0.4, -0.2) is 47.0 Å². The van der Waals surface area contributed by atoms with E-state index in [-0.39, 0.29) is 17.8 Å². The van der Waals surface area contributed by atoms with Crippen molar-refractivity contribution >= 4 is 15.9 Å². The number of allylic oxidation sites excluding steroid dienone is 2. The number of aromatic nitrogens is 2. The van der Waals surface area contributed by atoms with Crippen LogP contribution in [0.2, 0.25) is 0 Å². The van der Waals surface area contributed by atoms with Crippen LogP contribution in [0.3, 0.4) is 0 Å². The molecule has 0 aliphatic heterocycles. The van der Waals surface area contributed by atoms with Gasteiger partial charge >= 0.3 is 6.18 Å². The summed E-state index contributed by atoms with van der Waals surface area (Å²) >= 11 is 0. The van der Waals surface area contributed by atoms with Gasteiger partial charge in [-0.25, -0.2) is 12.8 Å². The number of sulfonamides is 1. The second-order valence-corrected chi connectivity index (χ2v) is 10.4. The molecule has 35 heavy (non-hydrogen) atoms. The van der Waals surface area contributed by atoms with Gasteiger partial charge in [-0.3, -0.25) is 4.79 Å². The first kappa shape index (κ1) is 24.9. The van der Waals surface area contributed by atoms with Crippen molar-refractivity contribution in [2.24, 2.45) is 11.7 Å². The van der Waals surface area contributed by atoms with Crippen molar-refractivity contribution in [3.05, 3.63) is 65.6 Å². The Balaban J connectivity index is 1.73. The molecule has 1 heterocycles. The van der Waals surface area contributed by atoms with Gasteiger partial charge in [-0.1, -0.05) is 23.4 Å². The molecule has 2 aliphatic rings. The van der Waals surface area contributed by atoms with Gasteiger partial charge in [0, 0.05) is 25.3 Å². The summed E-state index contributed by atoms with van der Waals surface area (Å²) in [6.45, 7) is 0.936. The third kappa shape index (κ3) is 4.81. The lowest BCUT2D eigenvalue weighted by Crippen LogP contribution is -2.52. The quantitative estimate of drug-likeness (QED) is 0.543. The summed E-state index contributed by atoms with van der Waals surface area (Å²) in [7, 11) is -4.62. The number of carbonyl (C=O) groups excluding carboxylic acids is 1. The van der Waals surface area contributed by atoms with E-state index in [0.29, 0.717) is 9.87 Å². The highest BCUT2D eigenvalue weighted by Gasteiger charge is 2.68. The molecule has 1 aromatic carbocycles. The fourth-order valence-electron chi connectivity index (χ4n) is 4.25. The maximum Gasteiger partial charge on any atom is 0.389 e. The van der Waals surface area contributed by atoms with Gasteiger partial charge in [-0.05, 0) is 48.6 Å². The van der Waals surface area contributed by atoms with Crippen LogP contribution in [0.25, 0.3) is 0 Å². The molecule has 186 valence electrons. The number of aryl methyl sites for hydroxylation is 1. The molecule has 2 aromatic rings. The number of nitrogens with two attached hydrogens (primary N) is 1. The van der Waals surface area contributed by atoms with Crippen LogP contribution in [0.4, 0.5) is 17.6 Å². The third-order valence-corrected chi connectivity index (χ3v) is 7.99. The van der Waals surface area contributed by atoms with Crippen LogP contribution in [0.5, 0.6) is 0 Å². The zero-order valence-electron chi connectivity index (χ0n) is 18.3. The molecular weight excluding hydrogens is 492 g/mol. The first-order valence-corrected chi connectivity index (χ1v) is 11.9. The van der Waals surface area contributed by atoms with E-state index < -0.39 is 69.6 Å². The Hall–Kier alpha value is -3.24. The lowest BCUT2D eigenvalue weighted by atomic mass is 9.94. The van der Waals surface area contributed by atoms with E-state index in [2.05, 4.69) is 26.8 Å². The van der Waals surface area contributed by atoms with Gasteiger partial charge in [-0.15, -0.1) is 0 Å². The standard InChI is InChI=1S/C22H20F4N4O4S/c1-13-2-6-17(7-3-13)35(32,33)30(21(20(27)31)9-16(21)10-22(24,25)26)11-15-5-4-14(8-18(15)23)19-28-12-34-29-19/h2,4-6,12,14,16H,8-11H2,1H3,(H2,27,31)/t14?,16-,21+/m1/s1. The van der Waals surface area contributed by atoms with Gasteiger partial charge in [-0.2, -0.15) is 22.5 Å². The molecule has 1 unspecified atom stereocenters. The Morgan fingerprint density at radius 1 is 1.34 bits per heavy atom. The van der Waals surface area contributed by atoms with Crippen LogP contribution in [0.15, 0.2) is 51.5 Å². The van der Waals surface area contributed by atoms with E-state index in [4.69, 9.17) is 5.73 Å². The molecule has 8 nitrogen and oxygen atoms in total. The number of rotatable bonds is 8. The highest BCUT2D eigenvalue weighted by Crippen LogP contribution is 2.55. The van der Waals surface area contributed by atoms with Gasteiger partial charge in [0.1, 0.15) is 16.3 Å². The molecule has 0 radical (unpaired) electrons. The number of carbonyl (C=O) groups is 1. The number of alkyl halides is 3. The Labute approximate surface area is 198 Å². The van der Waals surface area contributed by atoms with Gasteiger partial charge < -0.3 is 10.3 Å². The summed E-state index contributed by atoms with van der Waals surface area (Å²) in [5.74, 6) is -3.74. The minimum Gasteiger partial charge on any atom is -0.368 e. The summed E-state index contributed by atoms with van der Waals surface area (Å²) in [5, 5.41) is 3.65. The molecule has 1 aromatic heterocycles. The van der Waals surface area contributed by atoms with Crippen LogP contribution >= 0.6 is 0 Å². The Morgan fingerprint density at radius 2 is 2.09 bits per heavy atom. The molecule has 1 saturated carbocycles. The van der Waals surface area contributed by atoms with Crippen molar-refractivity contribution in [3.8, 4) is 0 Å². The van der Waals surface area contributed by atoms with Crippen LogP contribution in [-0.2, 0) is 14.8 Å². The summed E-state index contributed by atoms with van der Waals surface area (Å²) in [5.41, 5.74) is 3.76. The maximum absolute atomic E-state index is 15.1. The van der Waals surface area contributed by atoms with Crippen molar-refractivity contribution < 1.29 is 35.3 Å². The van der Waals surface area contributed by atoms with E-state index in [1.54, 1.807) is 6.92 Å². The average Bonchev–Trinajstić information content (AvgIpc) is 3.19. The number of halogens is 4. The predicted octanol–water partition coefficient (Wildman–Crippen LogP) is 3.13. The summed E-state index contributed by atoms with van der Waals surface area (Å²) < 4.78 is 86.9. The van der Waals surface area contributed by atoms with E-state index in [1.807, 2.05) is 0 Å². The molecule has 2 N–H and O–H groups in total. The zero-order chi connectivity index (χ0) is 25.6. The highest BCUT2D eigenvalue weighted by molar-refractivity contribution is 7.89. The Kier molecular flexibility index (Phi) is 6.23. The fourth-order valence-corrected chi connectivity index (χ4v) is 5.96. The van der Waals surface area contributed by atoms with Gasteiger partial charge in [0.2, 0.25) is 12.3 Å². The van der Waals surface area contributed by atoms with Crippen molar-refractivity contribution in [3.63, 3.8) is 0 Å². The molecule has 13 heteroatoms. The molecule has 0 spiro atoms. The largest absolute Gasteiger partial charge is 0.389 e. The summed E-state index contributed by atoms with van der Waals surface area (Å²) in [6, 6.07) is 7.66. The summed E-state index contributed by atoms with van der Waals surface area (Å²) in [6.07, 6.45) is -2.84. The van der Waals surface area contributed by atoms with E-state index >= 15 is 4.39 Å². The normalized spacial score (nSPS) is 24.5. The van der Waals surface area contributed by atoms with Crippen LogP contribution in [0, 0.1) is 25.0 Å². The third-order valence-electron chi connectivity index (χ3n) is 6.16. The van der Waals surface area contributed by atoms with E-state index in [9.17, 15) is 26.4 Å². The fraction of sp³-hybridized carbons (Fsp3) is 0.409. The Morgan fingerprint density at radius 3 is 2.63 bits per heavy atom. The average molecular weight is 512 g/mol. The van der Waals surface area contributed by atoms with Crippen LogP contribution in [0.1, 0.15) is 36.6 Å². The molecule has 0 bridgehead atoms. The molecular formula is C22H20F4N4O4S. The molecule has 3 atom stereocenters. The molecule has 4 rings (SSSR count). The number of hydrogen-bond acceptors (Lipinski definition) is 6. The molecule has 1 amide bonds. The van der Waals surface area contributed by atoms with E-state index in [0.717, 1.165) is 6.39 Å². The highest BCUT2D eigenvalue weighted by atomic mass is 32.2. The van der Waals surface area contributed by atoms with Crippen LogP contribution < -0.4 is 5.73 Å². The lowest BCUT2D eigenvalue weighted by molar-refractivity contribution is -0.141.